The molecule has 0 aliphatic heterocycles. The van der Waals surface area contributed by atoms with Gasteiger partial charge in [0.1, 0.15) is 19.3 Å². The zero-order valence-electron chi connectivity index (χ0n) is 63.5. The lowest BCUT2D eigenvalue weighted by atomic mass is 10.00. The second-order valence-corrected chi connectivity index (χ2v) is 32.2. The topological polar surface area (TPSA) is 237 Å². The predicted molar refractivity (Wildman–Crippen MR) is 395 cm³/mol. The highest BCUT2D eigenvalue weighted by Gasteiger charge is 2.30. The van der Waals surface area contributed by atoms with E-state index in [9.17, 15) is 43.2 Å². The Hall–Kier alpha value is -1.94. The van der Waals surface area contributed by atoms with Crippen molar-refractivity contribution in [1.29, 1.82) is 0 Å². The minimum absolute atomic E-state index is 0.102. The third kappa shape index (κ3) is 70.9. The monoisotopic (exact) mass is 1420 g/mol. The van der Waals surface area contributed by atoms with Crippen molar-refractivity contribution in [3.63, 3.8) is 0 Å². The zero-order valence-corrected chi connectivity index (χ0v) is 65.3. The van der Waals surface area contributed by atoms with E-state index in [1.165, 1.54) is 205 Å². The van der Waals surface area contributed by atoms with Crippen LogP contribution in [0.2, 0.25) is 0 Å². The number of carbonyl (C=O) groups is 4. The van der Waals surface area contributed by atoms with Gasteiger partial charge in [0, 0.05) is 25.7 Å². The van der Waals surface area contributed by atoms with Gasteiger partial charge in [0.05, 0.1) is 26.4 Å². The van der Waals surface area contributed by atoms with Gasteiger partial charge in [0.15, 0.2) is 12.2 Å². The lowest BCUT2D eigenvalue weighted by Crippen LogP contribution is -2.30. The maximum Gasteiger partial charge on any atom is 0.472 e. The van der Waals surface area contributed by atoms with E-state index in [2.05, 4.69) is 48.5 Å². The Morgan fingerprint density at radius 1 is 0.299 bits per heavy atom. The number of phosphoric ester groups is 2. The van der Waals surface area contributed by atoms with Gasteiger partial charge in [-0.05, 0) is 43.4 Å². The Morgan fingerprint density at radius 2 is 0.526 bits per heavy atom. The lowest BCUT2D eigenvalue weighted by molar-refractivity contribution is -0.161. The Balaban J connectivity index is 5.10. The number of carbonyl (C=O) groups excluding carboxylic acids is 4. The molecule has 0 saturated carbocycles. The van der Waals surface area contributed by atoms with Crippen molar-refractivity contribution >= 4 is 39.5 Å². The lowest BCUT2D eigenvalue weighted by Gasteiger charge is -2.21. The minimum atomic E-state index is -4.96. The molecule has 0 amide bonds. The SMILES string of the molecule is CCCCCCCC(=O)OC[C@H](COP(=O)(O)OC[C@H](O)COP(=O)(O)OC[C@@H](COC(=O)CCCCCCCCCCCCCCCCCCCCC(C)C)OC(=O)CCCCCCCCCCCCCCCCCCCCC(C)C)OC(=O)CCCCCCCCC(C)CC. The molecule has 0 aromatic heterocycles. The maximum atomic E-state index is 13.1. The van der Waals surface area contributed by atoms with Crippen molar-refractivity contribution in [3.05, 3.63) is 0 Å². The van der Waals surface area contributed by atoms with Crippen LogP contribution in [0.15, 0.2) is 0 Å². The fourth-order valence-corrected chi connectivity index (χ4v) is 13.5. The van der Waals surface area contributed by atoms with Crippen LogP contribution >= 0.6 is 15.6 Å². The Labute approximate surface area is 594 Å². The third-order valence-corrected chi connectivity index (χ3v) is 20.4. The molecule has 97 heavy (non-hydrogen) atoms. The molecule has 0 aromatic rings. The van der Waals surface area contributed by atoms with E-state index in [1.54, 1.807) is 0 Å². The van der Waals surface area contributed by atoms with Crippen LogP contribution in [0.3, 0.4) is 0 Å². The van der Waals surface area contributed by atoms with Crippen LogP contribution in [0.4, 0.5) is 0 Å². The quantitative estimate of drug-likeness (QED) is 0.0222. The van der Waals surface area contributed by atoms with Gasteiger partial charge in [0.25, 0.3) is 0 Å². The number of esters is 4. The largest absolute Gasteiger partial charge is 0.472 e. The molecule has 3 N–H and O–H groups in total. The molecule has 0 aliphatic carbocycles. The highest BCUT2D eigenvalue weighted by atomic mass is 31.2. The van der Waals surface area contributed by atoms with Crippen molar-refractivity contribution in [2.45, 2.75) is 420 Å². The highest BCUT2D eigenvalue weighted by Crippen LogP contribution is 2.45. The molecular weight excluding hydrogens is 1270 g/mol. The fourth-order valence-electron chi connectivity index (χ4n) is 11.9. The van der Waals surface area contributed by atoms with Gasteiger partial charge in [-0.2, -0.15) is 0 Å². The van der Waals surface area contributed by atoms with Gasteiger partial charge in [-0.3, -0.25) is 37.3 Å². The van der Waals surface area contributed by atoms with Crippen LogP contribution in [0.5, 0.6) is 0 Å². The van der Waals surface area contributed by atoms with Gasteiger partial charge in [-0.15, -0.1) is 0 Å². The molecule has 0 radical (unpaired) electrons. The van der Waals surface area contributed by atoms with Crippen LogP contribution in [-0.2, 0) is 65.4 Å². The van der Waals surface area contributed by atoms with Gasteiger partial charge in [-0.25, -0.2) is 9.13 Å². The first-order valence-electron chi connectivity index (χ1n) is 40.4. The summed E-state index contributed by atoms with van der Waals surface area (Å²) in [4.78, 5) is 72.5. The number of phosphoric acid groups is 2. The van der Waals surface area contributed by atoms with E-state index < -0.39 is 97.5 Å². The van der Waals surface area contributed by atoms with E-state index in [0.717, 1.165) is 114 Å². The molecule has 0 saturated heterocycles. The molecule has 0 spiro atoms. The minimum Gasteiger partial charge on any atom is -0.462 e. The highest BCUT2D eigenvalue weighted by molar-refractivity contribution is 7.47. The van der Waals surface area contributed by atoms with Crippen molar-refractivity contribution < 1.29 is 80.2 Å². The Morgan fingerprint density at radius 3 is 0.784 bits per heavy atom. The summed E-state index contributed by atoms with van der Waals surface area (Å²) < 4.78 is 68.3. The molecule has 19 heteroatoms. The summed E-state index contributed by atoms with van der Waals surface area (Å²) in [5, 5.41) is 10.6. The Kier molecular flexibility index (Phi) is 67.1. The van der Waals surface area contributed by atoms with E-state index >= 15 is 0 Å². The maximum absolute atomic E-state index is 13.1. The summed E-state index contributed by atoms with van der Waals surface area (Å²) >= 11 is 0. The summed E-state index contributed by atoms with van der Waals surface area (Å²) in [5.74, 6) is 0.233. The summed E-state index contributed by atoms with van der Waals surface area (Å²) in [6, 6.07) is 0. The Bertz CT molecular complexity index is 1890. The van der Waals surface area contributed by atoms with Crippen molar-refractivity contribution in [2.24, 2.45) is 17.8 Å². The fraction of sp³-hybridized carbons (Fsp3) is 0.949. The predicted octanol–water partition coefficient (Wildman–Crippen LogP) is 23.0. The molecule has 576 valence electrons. The van der Waals surface area contributed by atoms with E-state index in [-0.39, 0.29) is 25.7 Å². The zero-order chi connectivity index (χ0) is 71.6. The van der Waals surface area contributed by atoms with Crippen molar-refractivity contribution in [2.75, 3.05) is 39.6 Å². The van der Waals surface area contributed by atoms with Crippen molar-refractivity contribution in [1.82, 2.24) is 0 Å². The van der Waals surface area contributed by atoms with Gasteiger partial charge >= 0.3 is 39.5 Å². The molecule has 0 rings (SSSR count). The van der Waals surface area contributed by atoms with Gasteiger partial charge in [-0.1, -0.05) is 350 Å². The molecule has 0 fully saturated rings. The van der Waals surface area contributed by atoms with Gasteiger partial charge in [0.2, 0.25) is 0 Å². The number of hydrogen-bond acceptors (Lipinski definition) is 15. The van der Waals surface area contributed by atoms with Crippen LogP contribution in [0, 0.1) is 17.8 Å². The van der Waals surface area contributed by atoms with Crippen LogP contribution < -0.4 is 0 Å². The number of rotatable bonds is 76. The second-order valence-electron chi connectivity index (χ2n) is 29.3. The number of hydrogen-bond donors (Lipinski definition) is 3. The molecular formula is C78H152O17P2. The number of ether oxygens (including phenoxy) is 4. The average molecular weight is 1420 g/mol. The van der Waals surface area contributed by atoms with E-state index in [4.69, 9.17) is 37.0 Å². The van der Waals surface area contributed by atoms with E-state index in [1.807, 2.05) is 0 Å². The third-order valence-electron chi connectivity index (χ3n) is 18.5. The molecule has 0 aromatic carbocycles. The van der Waals surface area contributed by atoms with E-state index in [0.29, 0.717) is 25.7 Å². The smallest absolute Gasteiger partial charge is 0.462 e. The summed E-state index contributed by atoms with van der Waals surface area (Å²) in [7, 11) is -9.90. The number of aliphatic hydroxyl groups is 1. The first kappa shape index (κ1) is 95.1. The standard InChI is InChI=1S/C78H152O17P2/c1-8-10-11-42-52-59-75(80)88-65-73(95-78(83)62-55-48-41-40-45-51-58-71(7)9-2)67-92-96(84,85)90-63-72(79)64-91-97(86,87)93-68-74(94-77(82)61-54-47-39-35-31-27-23-19-15-13-17-21-25-29-33-37-44-50-57-70(5)6)66-89-76(81)60-53-46-38-34-30-26-22-18-14-12-16-20-24-28-32-36-43-49-56-69(3)4/h69-74,79H,8-68H2,1-7H3,(H,84,85)(H,86,87)/t71?,72-,73+,74+/m0/s1. The van der Waals surface area contributed by atoms with Crippen molar-refractivity contribution in [3.8, 4) is 0 Å². The first-order valence-corrected chi connectivity index (χ1v) is 43.4. The molecule has 6 atom stereocenters. The molecule has 0 bridgehead atoms. The summed E-state index contributed by atoms with van der Waals surface area (Å²) in [6.07, 6.45) is 56.2. The van der Waals surface area contributed by atoms with Gasteiger partial charge < -0.3 is 33.8 Å². The summed E-state index contributed by atoms with van der Waals surface area (Å²) in [5.41, 5.74) is 0. The molecule has 0 heterocycles. The number of aliphatic hydroxyl groups excluding tert-OH is 1. The van der Waals surface area contributed by atoms with Crippen LogP contribution in [0.1, 0.15) is 402 Å². The average Bonchev–Trinajstić information content (AvgIpc) is 1.52. The molecule has 0 aliphatic rings. The first-order chi connectivity index (χ1) is 46.8. The second kappa shape index (κ2) is 68.5. The van der Waals surface area contributed by atoms with Crippen LogP contribution in [-0.4, -0.2) is 96.7 Å². The molecule has 17 nitrogen and oxygen atoms in total. The molecule has 3 unspecified atom stereocenters. The number of unbranched alkanes of at least 4 members (excludes halogenated alkanes) is 43. The summed E-state index contributed by atoms with van der Waals surface area (Å²) in [6.45, 7) is 11.8. The normalized spacial score (nSPS) is 14.3. The van der Waals surface area contributed by atoms with Crippen LogP contribution in [0.25, 0.3) is 0 Å².